The molecule has 2 aromatic carbocycles. The van der Waals surface area contributed by atoms with E-state index in [0.717, 1.165) is 34.6 Å². The quantitative estimate of drug-likeness (QED) is 0.302. The van der Waals surface area contributed by atoms with Gasteiger partial charge in [0.2, 0.25) is 6.41 Å². The van der Waals surface area contributed by atoms with E-state index in [1.54, 1.807) is 48.4 Å². The fourth-order valence-corrected chi connectivity index (χ4v) is 5.34. The van der Waals surface area contributed by atoms with Crippen molar-refractivity contribution in [1.82, 2.24) is 20.1 Å². The van der Waals surface area contributed by atoms with Crippen LogP contribution in [0.25, 0.3) is 10.9 Å². The minimum Gasteiger partial charge on any atom is -0.456 e. The number of amides is 1. The zero-order valence-electron chi connectivity index (χ0n) is 22.8. The fourth-order valence-electron chi connectivity index (χ4n) is 3.98. The lowest BCUT2D eigenvalue weighted by Crippen LogP contribution is -2.49. The topological polar surface area (TPSA) is 98.1 Å². The molecule has 0 radical (unpaired) electrons. The highest BCUT2D eigenvalue weighted by Crippen LogP contribution is 2.33. The molecule has 1 atom stereocenters. The molecule has 1 aliphatic rings. The Balaban J connectivity index is 0.000000247. The van der Waals surface area contributed by atoms with Gasteiger partial charge < -0.3 is 15.4 Å². The average molecular weight is 552 g/mol. The van der Waals surface area contributed by atoms with Crippen molar-refractivity contribution >= 4 is 33.8 Å². The van der Waals surface area contributed by atoms with Gasteiger partial charge in [-0.2, -0.15) is 5.10 Å². The molecule has 0 bridgehead atoms. The molecule has 4 aromatic rings. The van der Waals surface area contributed by atoms with Crippen LogP contribution in [0.1, 0.15) is 38.8 Å². The van der Waals surface area contributed by atoms with Crippen LogP contribution in [-0.2, 0) is 27.6 Å². The molecule has 2 N–H and O–H groups in total. The van der Waals surface area contributed by atoms with Crippen LogP contribution in [0.4, 0.5) is 10.1 Å². The van der Waals surface area contributed by atoms with Crippen molar-refractivity contribution < 1.29 is 18.1 Å². The second-order valence-electron chi connectivity index (χ2n) is 10.3. The minimum atomic E-state index is -1.07. The monoisotopic (exact) mass is 551 g/mol. The Labute approximate surface area is 230 Å². The number of fused-ring (bicyclic) bond motifs is 1. The largest absolute Gasteiger partial charge is 0.456 e. The molecule has 10 heteroatoms. The number of anilines is 1. The zero-order chi connectivity index (χ0) is 28.2. The molecule has 5 rings (SSSR count). The normalized spacial score (nSPS) is 14.2. The van der Waals surface area contributed by atoms with Gasteiger partial charge in [-0.1, -0.05) is 13.0 Å². The number of benzene rings is 2. The predicted octanol–water partition coefficient (Wildman–Crippen LogP) is 5.32. The van der Waals surface area contributed by atoms with Crippen molar-refractivity contribution in [3.63, 3.8) is 0 Å². The van der Waals surface area contributed by atoms with E-state index in [-0.39, 0.29) is 16.6 Å². The van der Waals surface area contributed by atoms with Crippen LogP contribution in [0.15, 0.2) is 59.9 Å². The Morgan fingerprint density at radius 2 is 1.97 bits per heavy atom. The Morgan fingerprint density at radius 1 is 1.21 bits per heavy atom. The number of nitrogens with one attached hydrogen (secondary N) is 2. The van der Waals surface area contributed by atoms with Gasteiger partial charge in [0.25, 0.3) is 0 Å². The number of rotatable bonds is 7. The van der Waals surface area contributed by atoms with Crippen molar-refractivity contribution in [2.45, 2.75) is 56.7 Å². The van der Waals surface area contributed by atoms with E-state index < -0.39 is 10.8 Å². The summed E-state index contributed by atoms with van der Waals surface area (Å²) in [6.07, 6.45) is 6.37. The number of aromatic nitrogens is 3. The van der Waals surface area contributed by atoms with Crippen LogP contribution < -0.4 is 15.4 Å². The van der Waals surface area contributed by atoms with Gasteiger partial charge in [0.1, 0.15) is 17.3 Å². The number of carbonyl (C=O) groups excluding carboxylic acids is 1. The Bertz CT molecular complexity index is 1490. The molecule has 1 fully saturated rings. The zero-order valence-corrected chi connectivity index (χ0v) is 23.6. The van der Waals surface area contributed by atoms with Gasteiger partial charge in [-0.15, -0.1) is 0 Å². The Morgan fingerprint density at radius 3 is 2.59 bits per heavy atom. The number of carbonyl (C=O) groups is 1. The van der Waals surface area contributed by atoms with E-state index >= 15 is 0 Å². The van der Waals surface area contributed by atoms with Gasteiger partial charge in [0.15, 0.2) is 0 Å². The number of pyridine rings is 1. The summed E-state index contributed by atoms with van der Waals surface area (Å²) >= 11 is 0. The van der Waals surface area contributed by atoms with Crippen LogP contribution in [0.5, 0.6) is 11.5 Å². The van der Waals surface area contributed by atoms with E-state index in [9.17, 15) is 13.4 Å². The summed E-state index contributed by atoms with van der Waals surface area (Å²) in [6.45, 7) is 11.3. The summed E-state index contributed by atoms with van der Waals surface area (Å²) in [6, 6.07) is 10.9. The van der Waals surface area contributed by atoms with Crippen molar-refractivity contribution in [3.05, 3.63) is 71.9 Å². The summed E-state index contributed by atoms with van der Waals surface area (Å²) in [5.74, 6) is 0.830. The maximum absolute atomic E-state index is 14.4. The highest BCUT2D eigenvalue weighted by molar-refractivity contribution is 7.85. The van der Waals surface area contributed by atoms with Gasteiger partial charge in [-0.3, -0.25) is 18.7 Å². The summed E-state index contributed by atoms with van der Waals surface area (Å²) in [4.78, 5) is 15.2. The number of nitrogens with zero attached hydrogens (tertiary/aromatic N) is 3. The molecule has 0 saturated carbocycles. The van der Waals surface area contributed by atoms with E-state index in [4.69, 9.17) is 4.74 Å². The SMILES string of the molecule is CC(C)(C)n1cc(NC=O)cn1.CCc1ccc(Oc2ccnc3ccc(S(=O)C4CNC4)cc23)c(C)c1F. The second-order valence-corrected chi connectivity index (χ2v) is 12.0. The predicted molar refractivity (Wildman–Crippen MR) is 152 cm³/mol. The maximum Gasteiger partial charge on any atom is 0.211 e. The highest BCUT2D eigenvalue weighted by Gasteiger charge is 2.25. The van der Waals surface area contributed by atoms with Crippen molar-refractivity contribution in [3.8, 4) is 11.5 Å². The first-order valence-corrected chi connectivity index (χ1v) is 14.0. The third-order valence-electron chi connectivity index (χ3n) is 6.47. The lowest BCUT2D eigenvalue weighted by atomic mass is 10.1. The standard InChI is InChI=1S/C21H21FN2O2S.C8H13N3O/c1-3-14-4-7-19(13(2)21(14)22)26-20-8-9-24-18-6-5-15(10-17(18)20)27(25)16-11-23-12-16;1-8(2,3)11-5-7(4-10-11)9-6-12/h4-10,16,23H,3,11-12H2,1-2H3;4-6H,1-3H3,(H,9,12). The molecule has 0 spiro atoms. The Kier molecular flexibility index (Phi) is 8.76. The molecule has 1 saturated heterocycles. The molecule has 39 heavy (non-hydrogen) atoms. The van der Waals surface area contributed by atoms with Gasteiger partial charge >= 0.3 is 0 Å². The van der Waals surface area contributed by atoms with Crippen LogP contribution in [0.3, 0.4) is 0 Å². The summed E-state index contributed by atoms with van der Waals surface area (Å²) in [5, 5.41) is 10.7. The van der Waals surface area contributed by atoms with Gasteiger partial charge in [-0.25, -0.2) is 4.39 Å². The van der Waals surface area contributed by atoms with Crippen molar-refractivity contribution in [2.24, 2.45) is 0 Å². The first kappa shape index (κ1) is 28.4. The lowest BCUT2D eigenvalue weighted by Gasteiger charge is -2.26. The summed E-state index contributed by atoms with van der Waals surface area (Å²) < 4.78 is 35.0. The molecule has 1 unspecified atom stereocenters. The number of hydrogen-bond donors (Lipinski definition) is 2. The number of aryl methyl sites for hydroxylation is 1. The third-order valence-corrected chi connectivity index (χ3v) is 8.12. The molecular weight excluding hydrogens is 517 g/mol. The van der Waals surface area contributed by atoms with E-state index in [2.05, 4.69) is 20.7 Å². The Hall–Kier alpha value is -3.63. The van der Waals surface area contributed by atoms with Gasteiger partial charge in [0.05, 0.1) is 39.0 Å². The molecule has 206 valence electrons. The smallest absolute Gasteiger partial charge is 0.211 e. The van der Waals surface area contributed by atoms with Crippen molar-refractivity contribution in [2.75, 3.05) is 18.4 Å². The highest BCUT2D eigenvalue weighted by atomic mass is 32.2. The molecular formula is C29H34FN5O3S. The van der Waals surface area contributed by atoms with Crippen LogP contribution in [-0.4, -0.2) is 43.7 Å². The fraction of sp³-hybridized carbons (Fsp3) is 0.345. The second kappa shape index (κ2) is 12.0. The van der Waals surface area contributed by atoms with Crippen molar-refractivity contribution in [1.29, 1.82) is 0 Å². The number of hydrogen-bond acceptors (Lipinski definition) is 6. The molecule has 2 aromatic heterocycles. The summed E-state index contributed by atoms with van der Waals surface area (Å²) in [7, 11) is -1.07. The molecule has 1 aliphatic heterocycles. The maximum atomic E-state index is 14.4. The first-order chi connectivity index (χ1) is 18.6. The van der Waals surface area contributed by atoms with Gasteiger partial charge in [0, 0.05) is 41.3 Å². The average Bonchev–Trinajstić information content (AvgIpc) is 3.36. The summed E-state index contributed by atoms with van der Waals surface area (Å²) in [5.41, 5.74) is 2.59. The van der Waals surface area contributed by atoms with Crippen LogP contribution in [0, 0.1) is 12.7 Å². The molecule has 0 aliphatic carbocycles. The van der Waals surface area contributed by atoms with E-state index in [0.29, 0.717) is 35.5 Å². The minimum absolute atomic E-state index is 0.0389. The van der Waals surface area contributed by atoms with Gasteiger partial charge in [-0.05, 0) is 70.0 Å². The molecule has 8 nitrogen and oxygen atoms in total. The molecule has 1 amide bonds. The lowest BCUT2D eigenvalue weighted by molar-refractivity contribution is -0.105. The first-order valence-electron chi connectivity index (χ1n) is 12.8. The molecule has 3 heterocycles. The van der Waals surface area contributed by atoms with E-state index in [1.807, 2.05) is 45.9 Å². The van der Waals surface area contributed by atoms with E-state index in [1.165, 1.54) is 0 Å². The number of halogens is 1. The number of ether oxygens (including phenoxy) is 1. The van der Waals surface area contributed by atoms with Crippen LogP contribution in [0.2, 0.25) is 0 Å². The van der Waals surface area contributed by atoms with Crippen LogP contribution >= 0.6 is 0 Å². The third kappa shape index (κ3) is 6.51.